The molecule has 2 nitrogen and oxygen atoms in total. The standard InChI is InChI=1S/C15H19ClN2S/c1-10(2)17-9-14-11(3)18-15(19-14)8-12-6-4-5-7-13(12)16/h4-7,10,17H,8-9H2,1-3H3. The van der Waals surface area contributed by atoms with Gasteiger partial charge in [0.15, 0.2) is 0 Å². The predicted molar refractivity (Wildman–Crippen MR) is 83.1 cm³/mol. The molecule has 2 aromatic rings. The van der Waals surface area contributed by atoms with E-state index in [4.69, 9.17) is 11.6 Å². The summed E-state index contributed by atoms with van der Waals surface area (Å²) >= 11 is 7.96. The fourth-order valence-electron chi connectivity index (χ4n) is 1.83. The quantitative estimate of drug-likeness (QED) is 0.894. The van der Waals surface area contributed by atoms with E-state index in [1.165, 1.54) is 4.88 Å². The summed E-state index contributed by atoms with van der Waals surface area (Å²) in [4.78, 5) is 5.96. The molecular weight excluding hydrogens is 276 g/mol. The highest BCUT2D eigenvalue weighted by atomic mass is 35.5. The lowest BCUT2D eigenvalue weighted by molar-refractivity contribution is 0.591. The Labute approximate surface area is 123 Å². The first kappa shape index (κ1) is 14.5. The van der Waals surface area contributed by atoms with Crippen LogP contribution in [-0.4, -0.2) is 11.0 Å². The minimum absolute atomic E-state index is 0.494. The van der Waals surface area contributed by atoms with Gasteiger partial charge >= 0.3 is 0 Å². The molecule has 0 spiro atoms. The molecule has 0 saturated heterocycles. The molecule has 0 unspecified atom stereocenters. The van der Waals surface area contributed by atoms with E-state index >= 15 is 0 Å². The van der Waals surface area contributed by atoms with Gasteiger partial charge in [-0.15, -0.1) is 11.3 Å². The van der Waals surface area contributed by atoms with E-state index in [1.807, 2.05) is 18.2 Å². The van der Waals surface area contributed by atoms with Crippen LogP contribution < -0.4 is 5.32 Å². The van der Waals surface area contributed by atoms with E-state index in [0.717, 1.165) is 34.3 Å². The van der Waals surface area contributed by atoms with Gasteiger partial charge in [0, 0.05) is 28.9 Å². The number of thiazole rings is 1. The molecular formula is C15H19ClN2S. The molecule has 0 aliphatic carbocycles. The molecule has 0 amide bonds. The fraction of sp³-hybridized carbons (Fsp3) is 0.400. The largest absolute Gasteiger partial charge is 0.310 e. The van der Waals surface area contributed by atoms with Gasteiger partial charge in [-0.2, -0.15) is 0 Å². The molecule has 1 N–H and O–H groups in total. The summed E-state index contributed by atoms with van der Waals surface area (Å²) in [7, 11) is 0. The summed E-state index contributed by atoms with van der Waals surface area (Å²) in [6, 6.07) is 8.46. The minimum Gasteiger partial charge on any atom is -0.310 e. The van der Waals surface area contributed by atoms with Gasteiger partial charge in [0.1, 0.15) is 0 Å². The average Bonchev–Trinajstić information content (AvgIpc) is 2.70. The summed E-state index contributed by atoms with van der Waals surface area (Å²) in [6.07, 6.45) is 0.812. The Morgan fingerprint density at radius 1 is 1.32 bits per heavy atom. The minimum atomic E-state index is 0.494. The zero-order chi connectivity index (χ0) is 13.8. The second-order valence-corrected chi connectivity index (χ2v) is 6.50. The first-order valence-corrected chi connectivity index (χ1v) is 7.67. The SMILES string of the molecule is Cc1nc(Cc2ccccc2Cl)sc1CNC(C)C. The van der Waals surface area contributed by atoms with E-state index in [1.54, 1.807) is 11.3 Å². The van der Waals surface area contributed by atoms with Crippen molar-refractivity contribution in [2.45, 2.75) is 39.8 Å². The van der Waals surface area contributed by atoms with Crippen LogP contribution in [0.5, 0.6) is 0 Å². The van der Waals surface area contributed by atoms with E-state index in [0.29, 0.717) is 6.04 Å². The van der Waals surface area contributed by atoms with Crippen LogP contribution in [0.15, 0.2) is 24.3 Å². The van der Waals surface area contributed by atoms with Crippen molar-refractivity contribution in [1.82, 2.24) is 10.3 Å². The lowest BCUT2D eigenvalue weighted by atomic mass is 10.2. The van der Waals surface area contributed by atoms with Crippen molar-refractivity contribution in [2.75, 3.05) is 0 Å². The summed E-state index contributed by atoms with van der Waals surface area (Å²) in [5, 5.41) is 5.38. The number of nitrogens with one attached hydrogen (secondary N) is 1. The van der Waals surface area contributed by atoms with Crippen molar-refractivity contribution < 1.29 is 0 Å². The lowest BCUT2D eigenvalue weighted by Crippen LogP contribution is -2.21. The van der Waals surface area contributed by atoms with Crippen molar-refractivity contribution in [3.8, 4) is 0 Å². The number of aromatic nitrogens is 1. The molecule has 4 heteroatoms. The Bertz CT molecular complexity index is 549. The molecule has 1 aromatic heterocycles. The van der Waals surface area contributed by atoms with Crippen LogP contribution >= 0.6 is 22.9 Å². The maximum Gasteiger partial charge on any atom is 0.0975 e. The van der Waals surface area contributed by atoms with Gasteiger partial charge in [-0.25, -0.2) is 4.98 Å². The predicted octanol–water partition coefficient (Wildman–Crippen LogP) is 4.19. The van der Waals surface area contributed by atoms with Crippen molar-refractivity contribution in [3.63, 3.8) is 0 Å². The lowest BCUT2D eigenvalue weighted by Gasteiger charge is -2.05. The zero-order valence-corrected chi connectivity index (χ0v) is 13.1. The van der Waals surface area contributed by atoms with E-state index in [-0.39, 0.29) is 0 Å². The van der Waals surface area contributed by atoms with Gasteiger partial charge in [-0.3, -0.25) is 0 Å². The van der Waals surface area contributed by atoms with Crippen LogP contribution in [0.1, 0.15) is 35.0 Å². The normalized spacial score (nSPS) is 11.2. The molecule has 0 radical (unpaired) electrons. The Balaban J connectivity index is 2.10. The Hall–Kier alpha value is -0.900. The van der Waals surface area contributed by atoms with Gasteiger partial charge in [0.25, 0.3) is 0 Å². The number of aryl methyl sites for hydroxylation is 1. The second-order valence-electron chi connectivity index (χ2n) is 4.92. The first-order chi connectivity index (χ1) is 9.06. The number of rotatable bonds is 5. The monoisotopic (exact) mass is 294 g/mol. The van der Waals surface area contributed by atoms with Gasteiger partial charge in [0.05, 0.1) is 10.7 Å². The van der Waals surface area contributed by atoms with Crippen LogP contribution in [0.2, 0.25) is 5.02 Å². The van der Waals surface area contributed by atoms with Gasteiger partial charge in [0.2, 0.25) is 0 Å². The first-order valence-electron chi connectivity index (χ1n) is 6.48. The van der Waals surface area contributed by atoms with E-state index in [9.17, 15) is 0 Å². The van der Waals surface area contributed by atoms with Crippen LogP contribution in [0.4, 0.5) is 0 Å². The Morgan fingerprint density at radius 2 is 2.05 bits per heavy atom. The highest BCUT2D eigenvalue weighted by Crippen LogP contribution is 2.24. The maximum absolute atomic E-state index is 6.19. The highest BCUT2D eigenvalue weighted by molar-refractivity contribution is 7.11. The number of hydrogen-bond acceptors (Lipinski definition) is 3. The molecule has 0 fully saturated rings. The average molecular weight is 295 g/mol. The molecule has 19 heavy (non-hydrogen) atoms. The molecule has 0 bridgehead atoms. The Morgan fingerprint density at radius 3 is 2.74 bits per heavy atom. The summed E-state index contributed by atoms with van der Waals surface area (Å²) in [5.74, 6) is 0. The van der Waals surface area contributed by atoms with E-state index in [2.05, 4.69) is 37.1 Å². The molecule has 0 aliphatic heterocycles. The maximum atomic E-state index is 6.19. The molecule has 1 aromatic carbocycles. The number of halogens is 1. The third-order valence-corrected chi connectivity index (χ3v) is 4.43. The van der Waals surface area contributed by atoms with Crippen molar-refractivity contribution in [2.24, 2.45) is 0 Å². The number of hydrogen-bond donors (Lipinski definition) is 1. The summed E-state index contributed by atoms with van der Waals surface area (Å²) in [6.45, 7) is 7.27. The van der Waals surface area contributed by atoms with Gasteiger partial charge in [-0.05, 0) is 18.6 Å². The molecule has 0 aliphatic rings. The zero-order valence-electron chi connectivity index (χ0n) is 11.5. The van der Waals surface area contributed by atoms with Crippen LogP contribution in [0.25, 0.3) is 0 Å². The summed E-state index contributed by atoms with van der Waals surface area (Å²) in [5.41, 5.74) is 2.27. The van der Waals surface area contributed by atoms with Gasteiger partial charge in [-0.1, -0.05) is 43.6 Å². The van der Waals surface area contributed by atoms with Crippen LogP contribution in [0.3, 0.4) is 0 Å². The third kappa shape index (κ3) is 4.03. The van der Waals surface area contributed by atoms with Crippen molar-refractivity contribution >= 4 is 22.9 Å². The highest BCUT2D eigenvalue weighted by Gasteiger charge is 2.09. The smallest absolute Gasteiger partial charge is 0.0975 e. The topological polar surface area (TPSA) is 24.9 Å². The molecule has 0 atom stereocenters. The summed E-state index contributed by atoms with van der Waals surface area (Å²) < 4.78 is 0. The fourth-order valence-corrected chi connectivity index (χ4v) is 3.08. The molecule has 2 rings (SSSR count). The number of nitrogens with zero attached hydrogens (tertiary/aromatic N) is 1. The molecule has 1 heterocycles. The third-order valence-electron chi connectivity index (χ3n) is 2.91. The second kappa shape index (κ2) is 6.51. The van der Waals surface area contributed by atoms with Gasteiger partial charge < -0.3 is 5.32 Å². The van der Waals surface area contributed by atoms with Crippen molar-refractivity contribution in [3.05, 3.63) is 50.4 Å². The number of benzene rings is 1. The van der Waals surface area contributed by atoms with Crippen molar-refractivity contribution in [1.29, 1.82) is 0 Å². The van der Waals surface area contributed by atoms with Crippen LogP contribution in [-0.2, 0) is 13.0 Å². The van der Waals surface area contributed by atoms with E-state index < -0.39 is 0 Å². The van der Waals surface area contributed by atoms with Crippen LogP contribution in [0, 0.1) is 6.92 Å². The molecule has 102 valence electrons. The molecule has 0 saturated carbocycles. The Kier molecular flexibility index (Phi) is 4.97.